The lowest BCUT2D eigenvalue weighted by Gasteiger charge is -2.16. The third-order valence-electron chi connectivity index (χ3n) is 4.96. The predicted octanol–water partition coefficient (Wildman–Crippen LogP) is 3.08. The molecule has 10 nitrogen and oxygen atoms in total. The summed E-state index contributed by atoms with van der Waals surface area (Å²) in [5, 5.41) is 16.5. The van der Waals surface area contributed by atoms with Crippen LogP contribution < -0.4 is 10.6 Å². The van der Waals surface area contributed by atoms with Crippen LogP contribution in [0.2, 0.25) is 0 Å². The first-order chi connectivity index (χ1) is 15.9. The Morgan fingerprint density at radius 3 is 2.12 bits per heavy atom. The molecule has 3 aromatic rings. The molecule has 0 unspecified atom stereocenters. The third kappa shape index (κ3) is 4.17. The monoisotopic (exact) mass is 444 g/mol. The molecule has 1 aliphatic heterocycles. The summed E-state index contributed by atoms with van der Waals surface area (Å²) in [6, 6.07) is 18.6. The van der Waals surface area contributed by atoms with E-state index in [0.29, 0.717) is 16.2 Å². The standard InChI is InChI=1S/C23H16N4O6/c28-19(13-26-22(30)15-9-6-12-18(27(32)33)20(15)23(26)31)24-16-10-4-5-11-17(16)25-21(29)14-7-2-1-3-8-14/h1-12H,13H2,(H,24,28)(H,25,29). The number of rotatable bonds is 6. The van der Waals surface area contributed by atoms with Crippen molar-refractivity contribution in [3.8, 4) is 0 Å². The van der Waals surface area contributed by atoms with Crippen LogP contribution in [0, 0.1) is 10.1 Å². The highest BCUT2D eigenvalue weighted by Gasteiger charge is 2.41. The number of hydrogen-bond donors (Lipinski definition) is 2. The van der Waals surface area contributed by atoms with Crippen LogP contribution in [0.1, 0.15) is 31.1 Å². The molecule has 3 aromatic carbocycles. The molecule has 1 heterocycles. The molecule has 1 aliphatic rings. The second-order valence-corrected chi connectivity index (χ2v) is 7.07. The van der Waals surface area contributed by atoms with Gasteiger partial charge in [-0.05, 0) is 30.3 Å². The van der Waals surface area contributed by atoms with E-state index in [0.717, 1.165) is 6.07 Å². The van der Waals surface area contributed by atoms with Crippen molar-refractivity contribution in [3.05, 3.63) is 99.6 Å². The molecule has 0 saturated carbocycles. The zero-order chi connectivity index (χ0) is 23.5. The molecule has 2 N–H and O–H groups in total. The minimum Gasteiger partial charge on any atom is -0.323 e. The van der Waals surface area contributed by atoms with E-state index >= 15 is 0 Å². The number of fused-ring (bicyclic) bond motifs is 1. The predicted molar refractivity (Wildman–Crippen MR) is 118 cm³/mol. The summed E-state index contributed by atoms with van der Waals surface area (Å²) in [4.78, 5) is 61.4. The first-order valence-electron chi connectivity index (χ1n) is 9.75. The van der Waals surface area contributed by atoms with E-state index in [-0.39, 0.29) is 22.7 Å². The molecule has 4 amide bonds. The Kier molecular flexibility index (Phi) is 5.64. The van der Waals surface area contributed by atoms with Crippen molar-refractivity contribution in [1.82, 2.24) is 4.90 Å². The Balaban J connectivity index is 1.50. The van der Waals surface area contributed by atoms with Crippen molar-refractivity contribution in [3.63, 3.8) is 0 Å². The van der Waals surface area contributed by atoms with Gasteiger partial charge in [-0.1, -0.05) is 36.4 Å². The summed E-state index contributed by atoms with van der Waals surface area (Å²) in [7, 11) is 0. The van der Waals surface area contributed by atoms with Gasteiger partial charge in [-0.2, -0.15) is 0 Å². The van der Waals surface area contributed by atoms with E-state index in [2.05, 4.69) is 10.6 Å². The van der Waals surface area contributed by atoms with Crippen molar-refractivity contribution in [1.29, 1.82) is 0 Å². The molecule has 0 atom stereocenters. The maximum atomic E-state index is 12.7. The molecule has 33 heavy (non-hydrogen) atoms. The van der Waals surface area contributed by atoms with E-state index in [1.165, 1.54) is 12.1 Å². The van der Waals surface area contributed by atoms with Crippen LogP contribution in [0.15, 0.2) is 72.8 Å². The number of para-hydroxylation sites is 2. The van der Waals surface area contributed by atoms with Crippen molar-refractivity contribution in [2.24, 2.45) is 0 Å². The first-order valence-corrected chi connectivity index (χ1v) is 9.75. The highest BCUT2D eigenvalue weighted by Crippen LogP contribution is 2.30. The Bertz CT molecular complexity index is 1310. The Labute approximate surface area is 187 Å². The van der Waals surface area contributed by atoms with E-state index in [1.807, 2.05) is 0 Å². The Morgan fingerprint density at radius 1 is 0.818 bits per heavy atom. The maximum absolute atomic E-state index is 12.7. The van der Waals surface area contributed by atoms with Crippen molar-refractivity contribution >= 4 is 40.7 Å². The average Bonchev–Trinajstić information content (AvgIpc) is 3.05. The molecule has 0 spiro atoms. The molecule has 4 rings (SSSR count). The van der Waals surface area contributed by atoms with Gasteiger partial charge in [0.05, 0.1) is 21.9 Å². The van der Waals surface area contributed by atoms with E-state index in [4.69, 9.17) is 0 Å². The zero-order valence-electron chi connectivity index (χ0n) is 17.0. The SMILES string of the molecule is O=C(CN1C(=O)c2cccc([N+](=O)[O-])c2C1=O)Nc1ccccc1NC(=O)c1ccccc1. The number of anilines is 2. The molecule has 0 saturated heterocycles. The Hall–Kier alpha value is -4.86. The van der Waals surface area contributed by atoms with Crippen molar-refractivity contribution in [2.75, 3.05) is 17.2 Å². The largest absolute Gasteiger partial charge is 0.323 e. The van der Waals surface area contributed by atoms with Gasteiger partial charge in [0.1, 0.15) is 12.1 Å². The number of nitrogens with zero attached hydrogens (tertiary/aromatic N) is 2. The fourth-order valence-electron chi connectivity index (χ4n) is 3.43. The average molecular weight is 444 g/mol. The van der Waals surface area contributed by atoms with Crippen LogP contribution in [-0.4, -0.2) is 40.0 Å². The van der Waals surface area contributed by atoms with Gasteiger partial charge >= 0.3 is 0 Å². The fourth-order valence-corrected chi connectivity index (χ4v) is 3.43. The van der Waals surface area contributed by atoms with Gasteiger partial charge in [-0.15, -0.1) is 0 Å². The number of nitrogens with one attached hydrogen (secondary N) is 2. The molecule has 164 valence electrons. The van der Waals surface area contributed by atoms with E-state index < -0.39 is 34.9 Å². The van der Waals surface area contributed by atoms with Crippen LogP contribution in [0.25, 0.3) is 0 Å². The topological polar surface area (TPSA) is 139 Å². The Morgan fingerprint density at radius 2 is 1.45 bits per heavy atom. The summed E-state index contributed by atoms with van der Waals surface area (Å²) < 4.78 is 0. The second-order valence-electron chi connectivity index (χ2n) is 7.07. The van der Waals surface area contributed by atoms with Gasteiger partial charge in [0.25, 0.3) is 23.4 Å². The number of benzene rings is 3. The van der Waals surface area contributed by atoms with E-state index in [1.54, 1.807) is 54.6 Å². The molecule has 0 aliphatic carbocycles. The van der Waals surface area contributed by atoms with Crippen molar-refractivity contribution < 1.29 is 24.1 Å². The lowest BCUT2D eigenvalue weighted by Crippen LogP contribution is -2.37. The number of imide groups is 1. The summed E-state index contributed by atoms with van der Waals surface area (Å²) in [5.74, 6) is -2.80. The number of nitro groups is 1. The fraction of sp³-hybridized carbons (Fsp3) is 0.0435. The van der Waals surface area contributed by atoms with Crippen molar-refractivity contribution in [2.45, 2.75) is 0 Å². The van der Waals surface area contributed by atoms with Gasteiger partial charge in [0, 0.05) is 11.6 Å². The van der Waals surface area contributed by atoms with Gasteiger partial charge in [-0.25, -0.2) is 0 Å². The minimum absolute atomic E-state index is 0.127. The number of amides is 4. The van der Waals surface area contributed by atoms with Crippen LogP contribution in [0.5, 0.6) is 0 Å². The van der Waals surface area contributed by atoms with Gasteiger partial charge < -0.3 is 10.6 Å². The number of nitro benzene ring substituents is 1. The zero-order valence-corrected chi connectivity index (χ0v) is 17.0. The van der Waals surface area contributed by atoms with Crippen LogP contribution in [-0.2, 0) is 4.79 Å². The van der Waals surface area contributed by atoms with Crippen LogP contribution in [0.3, 0.4) is 0 Å². The number of carbonyl (C=O) groups excluding carboxylic acids is 4. The molecule has 10 heteroatoms. The molecule has 0 aromatic heterocycles. The van der Waals surface area contributed by atoms with Crippen LogP contribution in [0.4, 0.5) is 17.1 Å². The number of carbonyl (C=O) groups is 4. The quantitative estimate of drug-likeness (QED) is 0.340. The summed E-state index contributed by atoms with van der Waals surface area (Å²) in [6.45, 7) is -0.648. The third-order valence-corrected chi connectivity index (χ3v) is 4.96. The van der Waals surface area contributed by atoms with Gasteiger partial charge in [0.2, 0.25) is 5.91 Å². The number of hydrogen-bond acceptors (Lipinski definition) is 6. The lowest BCUT2D eigenvalue weighted by atomic mass is 10.1. The normalized spacial score (nSPS) is 12.3. The van der Waals surface area contributed by atoms with Gasteiger partial charge in [-0.3, -0.25) is 34.2 Å². The van der Waals surface area contributed by atoms with Gasteiger partial charge in [0.15, 0.2) is 0 Å². The summed E-state index contributed by atoms with van der Waals surface area (Å²) in [6.07, 6.45) is 0. The molecule has 0 bridgehead atoms. The summed E-state index contributed by atoms with van der Waals surface area (Å²) in [5.41, 5.74) is 0.0365. The summed E-state index contributed by atoms with van der Waals surface area (Å²) >= 11 is 0. The van der Waals surface area contributed by atoms with E-state index in [9.17, 15) is 29.3 Å². The first kappa shape index (κ1) is 21.4. The maximum Gasteiger partial charge on any atom is 0.282 e. The van der Waals surface area contributed by atoms with Crippen LogP contribution >= 0.6 is 0 Å². The molecule has 0 radical (unpaired) electrons. The highest BCUT2D eigenvalue weighted by molar-refractivity contribution is 6.24. The minimum atomic E-state index is -0.914. The lowest BCUT2D eigenvalue weighted by molar-refractivity contribution is -0.385. The highest BCUT2D eigenvalue weighted by atomic mass is 16.6. The smallest absolute Gasteiger partial charge is 0.282 e. The molecular formula is C23H16N4O6. The second kappa shape index (κ2) is 8.71. The molecular weight excluding hydrogens is 428 g/mol. The molecule has 0 fully saturated rings.